The van der Waals surface area contributed by atoms with Crippen molar-refractivity contribution in [1.29, 1.82) is 5.53 Å². The van der Waals surface area contributed by atoms with Gasteiger partial charge < -0.3 is 5.21 Å². The molecule has 1 N–H and O–H groups in total. The van der Waals surface area contributed by atoms with Crippen LogP contribution in [0.1, 0.15) is 0 Å². The second kappa shape index (κ2) is 4.12. The molecule has 0 atom stereocenters. The first-order valence-corrected chi connectivity index (χ1v) is 2.46. The summed E-state index contributed by atoms with van der Waals surface area (Å²) in [6, 6.07) is 9.14. The van der Waals surface area contributed by atoms with Crippen LogP contribution in [0.15, 0.2) is 24.3 Å². The van der Waals surface area contributed by atoms with Crippen molar-refractivity contribution in [3.05, 3.63) is 35.5 Å². The molecule has 1 rings (SSSR count). The second-order valence-electron chi connectivity index (χ2n) is 1.54. The zero-order valence-corrected chi connectivity index (χ0v) is 8.34. The van der Waals surface area contributed by atoms with Gasteiger partial charge >= 0.3 is 0 Å². The van der Waals surface area contributed by atoms with Crippen molar-refractivity contribution in [1.82, 2.24) is 0 Å². The van der Waals surface area contributed by atoms with Crippen LogP contribution in [0, 0.1) is 16.8 Å². The SMILES string of the molecule is N=[N+]([O-])c1[c-]cccc1.[Zn]. The van der Waals surface area contributed by atoms with Gasteiger partial charge in [0.1, 0.15) is 5.69 Å². The van der Waals surface area contributed by atoms with Crippen molar-refractivity contribution in [2.45, 2.75) is 0 Å². The Kier molecular flexibility index (Phi) is 3.81. The maximum absolute atomic E-state index is 10.2. The Morgan fingerprint density at radius 2 is 2.20 bits per heavy atom. The van der Waals surface area contributed by atoms with E-state index in [4.69, 9.17) is 5.53 Å². The van der Waals surface area contributed by atoms with Gasteiger partial charge in [0.15, 0.2) is 0 Å². The fourth-order valence-electron chi connectivity index (χ4n) is 0.510. The fourth-order valence-corrected chi connectivity index (χ4v) is 0.510. The zero-order chi connectivity index (χ0) is 6.69. The Labute approximate surface area is 71.5 Å². The van der Waals surface area contributed by atoms with Crippen LogP contribution in [-0.2, 0) is 19.5 Å². The van der Waals surface area contributed by atoms with Crippen LogP contribution < -0.4 is 0 Å². The summed E-state index contributed by atoms with van der Waals surface area (Å²) in [7, 11) is 0. The molecule has 0 aliphatic carbocycles. The van der Waals surface area contributed by atoms with Crippen molar-refractivity contribution in [2.24, 2.45) is 0 Å². The molecule has 0 fully saturated rings. The molecule has 0 spiro atoms. The van der Waals surface area contributed by atoms with E-state index >= 15 is 0 Å². The van der Waals surface area contributed by atoms with Crippen LogP contribution in [0.4, 0.5) is 5.69 Å². The predicted molar refractivity (Wildman–Crippen MR) is 31.3 cm³/mol. The molecule has 0 bridgehead atoms. The van der Waals surface area contributed by atoms with Gasteiger partial charge in [-0.25, -0.2) is 0 Å². The normalized spacial score (nSPS) is 8.00. The molecule has 0 aliphatic rings. The van der Waals surface area contributed by atoms with Crippen LogP contribution in [0.5, 0.6) is 0 Å². The van der Waals surface area contributed by atoms with Gasteiger partial charge in [-0.1, -0.05) is 10.9 Å². The molecular formula is C6H5N2OZn-. The smallest absolute Gasteiger partial charge is 0.137 e. The molecule has 1 aromatic rings. The average molecular weight is 187 g/mol. The predicted octanol–water partition coefficient (Wildman–Crippen LogP) is 1.66. The second-order valence-corrected chi connectivity index (χ2v) is 1.54. The number of hydrogen-bond donors (Lipinski definition) is 1. The Hall–Kier alpha value is -0.757. The van der Waals surface area contributed by atoms with E-state index in [0.29, 0.717) is 0 Å². The molecule has 0 radical (unpaired) electrons. The van der Waals surface area contributed by atoms with Crippen molar-refractivity contribution in [3.63, 3.8) is 0 Å². The third-order valence-corrected chi connectivity index (χ3v) is 0.911. The fraction of sp³-hybridized carbons (Fsp3) is 0. The van der Waals surface area contributed by atoms with Crippen molar-refractivity contribution in [3.8, 4) is 0 Å². The summed E-state index contributed by atoms with van der Waals surface area (Å²) >= 11 is 0. The van der Waals surface area contributed by atoms with Crippen LogP contribution >= 0.6 is 0 Å². The number of hydrogen-bond acceptors (Lipinski definition) is 2. The third kappa shape index (κ3) is 2.23. The monoisotopic (exact) mass is 185 g/mol. The third-order valence-electron chi connectivity index (χ3n) is 0.911. The largest absolute Gasteiger partial charge is 0.596 e. The minimum Gasteiger partial charge on any atom is -0.596 e. The van der Waals surface area contributed by atoms with Gasteiger partial charge in [0, 0.05) is 19.5 Å². The maximum Gasteiger partial charge on any atom is 0.137 e. The van der Waals surface area contributed by atoms with Crippen LogP contribution in [0.2, 0.25) is 0 Å². The van der Waals surface area contributed by atoms with Crippen molar-refractivity contribution in [2.75, 3.05) is 0 Å². The van der Waals surface area contributed by atoms with E-state index in [-0.39, 0.29) is 30.0 Å². The quantitative estimate of drug-likeness (QED) is 0.234. The molecule has 4 heteroatoms. The number of benzene rings is 1. The van der Waals surface area contributed by atoms with E-state index in [2.05, 4.69) is 6.07 Å². The van der Waals surface area contributed by atoms with Gasteiger partial charge in [-0.2, -0.15) is 18.2 Å². The molecule has 0 aliphatic heterocycles. The molecule has 0 saturated carbocycles. The minimum atomic E-state index is 0. The first-order valence-electron chi connectivity index (χ1n) is 2.46. The van der Waals surface area contributed by atoms with Crippen LogP contribution in [-0.4, -0.2) is 4.86 Å². The van der Waals surface area contributed by atoms with Gasteiger partial charge in [-0.05, 0) is 5.53 Å². The Morgan fingerprint density at radius 1 is 1.50 bits per heavy atom. The summed E-state index contributed by atoms with van der Waals surface area (Å²) in [6.07, 6.45) is 0. The molecule has 0 amide bonds. The number of para-hydroxylation sites is 1. The van der Waals surface area contributed by atoms with Crippen LogP contribution in [0.25, 0.3) is 0 Å². The summed E-state index contributed by atoms with van der Waals surface area (Å²) in [4.78, 5) is 0.0278. The first kappa shape index (κ1) is 9.24. The van der Waals surface area contributed by atoms with Gasteiger partial charge in [-0.15, -0.1) is 6.07 Å². The van der Waals surface area contributed by atoms with Crippen molar-refractivity contribution < 1.29 is 24.3 Å². The van der Waals surface area contributed by atoms with E-state index in [1.807, 2.05) is 0 Å². The van der Waals surface area contributed by atoms with Crippen LogP contribution in [0.3, 0.4) is 0 Å². The molecule has 3 nitrogen and oxygen atoms in total. The van der Waals surface area contributed by atoms with Gasteiger partial charge in [-0.3, -0.25) is 0 Å². The number of rotatable bonds is 1. The van der Waals surface area contributed by atoms with E-state index < -0.39 is 0 Å². The van der Waals surface area contributed by atoms with Gasteiger partial charge in [0.2, 0.25) is 0 Å². The summed E-state index contributed by atoms with van der Waals surface area (Å²) in [5.74, 6) is 0. The molecule has 0 unspecified atom stereocenters. The topological polar surface area (TPSA) is 49.9 Å². The summed E-state index contributed by atoms with van der Waals surface area (Å²) in [5.41, 5.74) is 6.80. The van der Waals surface area contributed by atoms with E-state index in [1.54, 1.807) is 18.2 Å². The average Bonchev–Trinajstić information content (AvgIpc) is 1.90. The minimum absolute atomic E-state index is 0. The van der Waals surface area contributed by atoms with Gasteiger partial charge in [0.05, 0.1) is 0 Å². The van der Waals surface area contributed by atoms with Crippen molar-refractivity contribution >= 4 is 5.69 Å². The molecular weight excluding hydrogens is 181 g/mol. The molecule has 0 saturated heterocycles. The molecule has 48 valence electrons. The Bertz CT molecular complexity index is 212. The standard InChI is InChI=1S/C6H5N2O.Zn/c7-8(9)6-4-2-1-3-5-6;/h1-4,7H;/q-1;. The maximum atomic E-state index is 10.2. The first-order chi connectivity index (χ1) is 4.30. The molecule has 10 heavy (non-hydrogen) atoms. The van der Waals surface area contributed by atoms with E-state index in [9.17, 15) is 5.21 Å². The van der Waals surface area contributed by atoms with Gasteiger partial charge in [0.25, 0.3) is 0 Å². The Balaban J connectivity index is 0.000000810. The number of nitrogens with one attached hydrogen (secondary N) is 1. The number of nitrogens with zero attached hydrogens (tertiary/aromatic N) is 1. The molecule has 1 aromatic carbocycles. The summed E-state index contributed by atoms with van der Waals surface area (Å²) < 4.78 is 0. The zero-order valence-electron chi connectivity index (χ0n) is 5.37. The Morgan fingerprint density at radius 3 is 2.50 bits per heavy atom. The van der Waals surface area contributed by atoms with E-state index in [0.717, 1.165) is 0 Å². The molecule has 0 aromatic heterocycles. The summed E-state index contributed by atoms with van der Waals surface area (Å²) in [6.45, 7) is 0. The summed E-state index contributed by atoms with van der Waals surface area (Å²) in [5, 5.41) is 10.2. The van der Waals surface area contributed by atoms with E-state index in [1.165, 1.54) is 6.07 Å². The molecule has 0 heterocycles.